The molecule has 106 valence electrons. The standard InChI is InChI=1S/C16H32N2/c1-12(2)18(10-15-7-8-15)16(11-17)9-13(3)5-6-14(16)4/h12-15H,5-11,17H2,1-4H3. The third-order valence-electron chi connectivity index (χ3n) is 5.41. The SMILES string of the molecule is CC1CCC(C)C(CN)(N(CC2CC2)C(C)C)C1. The Hall–Kier alpha value is -0.0800. The minimum Gasteiger partial charge on any atom is -0.329 e. The van der Waals surface area contributed by atoms with E-state index in [-0.39, 0.29) is 5.54 Å². The molecule has 0 aromatic rings. The number of nitrogens with two attached hydrogens (primary N) is 1. The highest BCUT2D eigenvalue weighted by atomic mass is 15.2. The maximum absolute atomic E-state index is 6.28. The molecular formula is C16H32N2. The predicted octanol–water partition coefficient (Wildman–Crippen LogP) is 3.26. The van der Waals surface area contributed by atoms with Gasteiger partial charge in [-0.1, -0.05) is 20.3 Å². The summed E-state index contributed by atoms with van der Waals surface area (Å²) in [5.41, 5.74) is 6.56. The molecule has 2 saturated carbocycles. The Morgan fingerprint density at radius 2 is 1.83 bits per heavy atom. The van der Waals surface area contributed by atoms with Crippen molar-refractivity contribution in [3.8, 4) is 0 Å². The van der Waals surface area contributed by atoms with Crippen molar-refractivity contribution in [3.05, 3.63) is 0 Å². The van der Waals surface area contributed by atoms with Gasteiger partial charge in [0.1, 0.15) is 0 Å². The molecule has 3 atom stereocenters. The first-order valence-electron chi connectivity index (χ1n) is 7.96. The Labute approximate surface area is 113 Å². The Morgan fingerprint density at radius 1 is 1.17 bits per heavy atom. The number of rotatable bonds is 5. The second-order valence-corrected chi connectivity index (χ2v) is 7.28. The zero-order valence-corrected chi connectivity index (χ0v) is 12.8. The fourth-order valence-electron chi connectivity index (χ4n) is 4.00. The third kappa shape index (κ3) is 2.75. The summed E-state index contributed by atoms with van der Waals surface area (Å²) < 4.78 is 0. The van der Waals surface area contributed by atoms with Crippen LogP contribution < -0.4 is 5.73 Å². The minimum atomic E-state index is 0.272. The average molecular weight is 252 g/mol. The van der Waals surface area contributed by atoms with Crippen LogP contribution >= 0.6 is 0 Å². The molecule has 0 bridgehead atoms. The first-order chi connectivity index (χ1) is 8.49. The highest BCUT2D eigenvalue weighted by Gasteiger charge is 2.46. The van der Waals surface area contributed by atoms with Crippen LogP contribution in [0.5, 0.6) is 0 Å². The summed E-state index contributed by atoms with van der Waals surface area (Å²) in [4.78, 5) is 2.77. The lowest BCUT2D eigenvalue weighted by molar-refractivity contribution is -0.0270. The summed E-state index contributed by atoms with van der Waals surface area (Å²) in [5.74, 6) is 2.55. The molecule has 0 aromatic heterocycles. The third-order valence-corrected chi connectivity index (χ3v) is 5.41. The van der Waals surface area contributed by atoms with Gasteiger partial charge in [-0.3, -0.25) is 4.90 Å². The molecule has 18 heavy (non-hydrogen) atoms. The van der Waals surface area contributed by atoms with Crippen LogP contribution in [0, 0.1) is 17.8 Å². The molecule has 3 unspecified atom stereocenters. The quantitative estimate of drug-likeness (QED) is 0.814. The van der Waals surface area contributed by atoms with Crippen LogP contribution in [-0.2, 0) is 0 Å². The van der Waals surface area contributed by atoms with E-state index in [0.29, 0.717) is 6.04 Å². The van der Waals surface area contributed by atoms with E-state index >= 15 is 0 Å². The van der Waals surface area contributed by atoms with E-state index < -0.39 is 0 Å². The van der Waals surface area contributed by atoms with Crippen molar-refractivity contribution in [1.82, 2.24) is 4.90 Å². The molecule has 0 aliphatic heterocycles. The van der Waals surface area contributed by atoms with E-state index in [1.165, 1.54) is 38.6 Å². The summed E-state index contributed by atoms with van der Waals surface area (Å²) in [6.07, 6.45) is 6.92. The Bertz CT molecular complexity index is 272. The topological polar surface area (TPSA) is 29.3 Å². The second-order valence-electron chi connectivity index (χ2n) is 7.28. The van der Waals surface area contributed by atoms with E-state index in [1.54, 1.807) is 0 Å². The van der Waals surface area contributed by atoms with Gasteiger partial charge in [-0.15, -0.1) is 0 Å². The lowest BCUT2D eigenvalue weighted by Crippen LogP contribution is -2.62. The van der Waals surface area contributed by atoms with Gasteiger partial charge in [-0.05, 0) is 57.3 Å². The van der Waals surface area contributed by atoms with Gasteiger partial charge in [0.05, 0.1) is 0 Å². The average Bonchev–Trinajstić information content (AvgIpc) is 3.13. The molecule has 2 nitrogen and oxygen atoms in total. The van der Waals surface area contributed by atoms with Crippen LogP contribution in [0.2, 0.25) is 0 Å². The first-order valence-corrected chi connectivity index (χ1v) is 7.96. The van der Waals surface area contributed by atoms with Crippen molar-refractivity contribution >= 4 is 0 Å². The molecule has 2 N–H and O–H groups in total. The van der Waals surface area contributed by atoms with Crippen LogP contribution in [-0.4, -0.2) is 29.6 Å². The Morgan fingerprint density at radius 3 is 2.33 bits per heavy atom. The van der Waals surface area contributed by atoms with Gasteiger partial charge in [0.15, 0.2) is 0 Å². The minimum absolute atomic E-state index is 0.272. The first kappa shape index (κ1) is 14.3. The lowest BCUT2D eigenvalue weighted by Gasteiger charge is -2.53. The van der Waals surface area contributed by atoms with Gasteiger partial charge in [0.2, 0.25) is 0 Å². The smallest absolute Gasteiger partial charge is 0.0362 e. The molecule has 2 aliphatic rings. The lowest BCUT2D eigenvalue weighted by atomic mass is 9.68. The van der Waals surface area contributed by atoms with Crippen LogP contribution in [0.25, 0.3) is 0 Å². The molecule has 2 aliphatic carbocycles. The summed E-state index contributed by atoms with van der Waals surface area (Å²) >= 11 is 0. The monoisotopic (exact) mass is 252 g/mol. The zero-order chi connectivity index (χ0) is 13.3. The van der Waals surface area contributed by atoms with E-state index in [2.05, 4.69) is 32.6 Å². The molecule has 0 heterocycles. The molecule has 2 heteroatoms. The molecular weight excluding hydrogens is 220 g/mol. The van der Waals surface area contributed by atoms with Crippen molar-refractivity contribution in [2.24, 2.45) is 23.5 Å². The Balaban J connectivity index is 2.19. The van der Waals surface area contributed by atoms with Crippen molar-refractivity contribution in [2.45, 2.75) is 71.4 Å². The normalized spacial score (nSPS) is 37.5. The summed E-state index contributed by atoms with van der Waals surface area (Å²) in [6, 6.07) is 0.627. The number of hydrogen-bond donors (Lipinski definition) is 1. The highest BCUT2D eigenvalue weighted by molar-refractivity contribution is 5.02. The molecule has 0 aromatic carbocycles. The molecule has 2 fully saturated rings. The van der Waals surface area contributed by atoms with Gasteiger partial charge in [0.25, 0.3) is 0 Å². The van der Waals surface area contributed by atoms with Gasteiger partial charge < -0.3 is 5.73 Å². The summed E-state index contributed by atoms with van der Waals surface area (Å²) in [6.45, 7) is 11.7. The number of hydrogen-bond acceptors (Lipinski definition) is 2. The van der Waals surface area contributed by atoms with E-state index in [0.717, 1.165) is 24.3 Å². The fourth-order valence-corrected chi connectivity index (χ4v) is 4.00. The molecule has 0 spiro atoms. The largest absolute Gasteiger partial charge is 0.329 e. The zero-order valence-electron chi connectivity index (χ0n) is 12.8. The van der Waals surface area contributed by atoms with Crippen LogP contribution in [0.1, 0.15) is 59.8 Å². The van der Waals surface area contributed by atoms with Crippen molar-refractivity contribution in [1.29, 1.82) is 0 Å². The Kier molecular flexibility index (Phi) is 4.38. The van der Waals surface area contributed by atoms with E-state index in [4.69, 9.17) is 5.73 Å². The van der Waals surface area contributed by atoms with E-state index in [1.807, 2.05) is 0 Å². The second kappa shape index (κ2) is 5.50. The summed E-state index contributed by atoms with van der Waals surface area (Å²) in [5, 5.41) is 0. The van der Waals surface area contributed by atoms with Gasteiger partial charge in [-0.25, -0.2) is 0 Å². The van der Waals surface area contributed by atoms with Crippen LogP contribution in [0.15, 0.2) is 0 Å². The van der Waals surface area contributed by atoms with Gasteiger partial charge >= 0.3 is 0 Å². The number of nitrogens with zero attached hydrogens (tertiary/aromatic N) is 1. The van der Waals surface area contributed by atoms with Crippen molar-refractivity contribution < 1.29 is 0 Å². The molecule has 0 amide bonds. The van der Waals surface area contributed by atoms with Crippen molar-refractivity contribution in [2.75, 3.05) is 13.1 Å². The van der Waals surface area contributed by atoms with Crippen molar-refractivity contribution in [3.63, 3.8) is 0 Å². The van der Waals surface area contributed by atoms with Gasteiger partial charge in [-0.2, -0.15) is 0 Å². The highest BCUT2D eigenvalue weighted by Crippen LogP contribution is 2.43. The maximum Gasteiger partial charge on any atom is 0.0362 e. The maximum atomic E-state index is 6.28. The molecule has 2 rings (SSSR count). The van der Waals surface area contributed by atoms with Crippen LogP contribution in [0.4, 0.5) is 0 Å². The van der Waals surface area contributed by atoms with Crippen LogP contribution in [0.3, 0.4) is 0 Å². The molecule has 0 radical (unpaired) electrons. The van der Waals surface area contributed by atoms with Gasteiger partial charge in [0, 0.05) is 24.7 Å². The fraction of sp³-hybridized carbons (Fsp3) is 1.00. The predicted molar refractivity (Wildman–Crippen MR) is 78.5 cm³/mol. The van der Waals surface area contributed by atoms with E-state index in [9.17, 15) is 0 Å². The summed E-state index contributed by atoms with van der Waals surface area (Å²) in [7, 11) is 0. The molecule has 0 saturated heterocycles.